The molecule has 1 aromatic rings. The van der Waals surface area contributed by atoms with E-state index in [0.717, 1.165) is 18.4 Å². The molecule has 0 spiro atoms. The van der Waals surface area contributed by atoms with E-state index in [4.69, 9.17) is 9.47 Å². The molecule has 0 radical (unpaired) electrons. The number of rotatable bonds is 2. The van der Waals surface area contributed by atoms with E-state index in [1.54, 1.807) is 4.90 Å². The lowest BCUT2D eigenvalue weighted by Gasteiger charge is -2.44. The summed E-state index contributed by atoms with van der Waals surface area (Å²) in [6.07, 6.45) is 3.63. The number of amides is 1. The molecule has 2 aliphatic heterocycles. The Morgan fingerprint density at radius 1 is 1.20 bits per heavy atom. The predicted molar refractivity (Wildman–Crippen MR) is 93.9 cm³/mol. The van der Waals surface area contributed by atoms with Crippen molar-refractivity contribution in [1.29, 1.82) is 0 Å². The van der Waals surface area contributed by atoms with Crippen molar-refractivity contribution < 1.29 is 19.1 Å². The lowest BCUT2D eigenvalue weighted by atomic mass is 9.83. The second-order valence-electron chi connectivity index (χ2n) is 7.66. The van der Waals surface area contributed by atoms with E-state index in [0.29, 0.717) is 12.0 Å². The molecule has 2 heterocycles. The number of hydrogen-bond donors (Lipinski definition) is 0. The summed E-state index contributed by atoms with van der Waals surface area (Å²) in [5.41, 5.74) is 0.563. The fourth-order valence-corrected chi connectivity index (χ4v) is 3.93. The van der Waals surface area contributed by atoms with E-state index in [-0.39, 0.29) is 18.1 Å². The number of carbonyl (C=O) groups is 2. The Morgan fingerprint density at radius 3 is 2.48 bits per heavy atom. The minimum Gasteiger partial charge on any atom is -0.466 e. The van der Waals surface area contributed by atoms with Crippen LogP contribution in [0.2, 0.25) is 0 Å². The molecule has 5 heteroatoms. The normalized spacial score (nSPS) is 25.4. The highest BCUT2D eigenvalue weighted by Gasteiger charge is 2.55. The second kappa shape index (κ2) is 6.21. The van der Waals surface area contributed by atoms with Gasteiger partial charge in [0.25, 0.3) is 0 Å². The summed E-state index contributed by atoms with van der Waals surface area (Å²) in [5, 5.41) is 0. The molecular weight excluding hydrogens is 318 g/mol. The van der Waals surface area contributed by atoms with Crippen molar-refractivity contribution in [2.75, 3.05) is 7.11 Å². The first kappa shape index (κ1) is 17.5. The van der Waals surface area contributed by atoms with Gasteiger partial charge in [-0.15, -0.1) is 0 Å². The number of nitrogens with zero attached hydrogens (tertiary/aromatic N) is 1. The standard InChI is InChI=1S/C20H25NO4/c1-19(2,3)25-18(23)21-16-11-13-20(21,14-8-6-5-7-9-14)12-10-15(16)17(22)24-4/h5-10,16H,11-13H2,1-4H3/t16-,20-/m1/s1. The summed E-state index contributed by atoms with van der Waals surface area (Å²) in [6, 6.07) is 9.68. The van der Waals surface area contributed by atoms with Gasteiger partial charge in [-0.05, 0) is 45.6 Å². The summed E-state index contributed by atoms with van der Waals surface area (Å²) in [6.45, 7) is 5.55. The van der Waals surface area contributed by atoms with Gasteiger partial charge in [0.15, 0.2) is 0 Å². The number of ether oxygens (including phenoxy) is 2. The van der Waals surface area contributed by atoms with Gasteiger partial charge in [0.1, 0.15) is 5.60 Å². The first-order valence-corrected chi connectivity index (χ1v) is 8.65. The molecule has 0 unspecified atom stereocenters. The SMILES string of the molecule is COC(=O)C1=CC[C@]2(c3ccccc3)CC[C@H]1N2C(=O)OC(C)(C)C. The number of methoxy groups -OCH3 is 1. The van der Waals surface area contributed by atoms with Crippen LogP contribution in [0.3, 0.4) is 0 Å². The zero-order valence-electron chi connectivity index (χ0n) is 15.2. The summed E-state index contributed by atoms with van der Waals surface area (Å²) < 4.78 is 10.6. The van der Waals surface area contributed by atoms with Gasteiger partial charge in [-0.1, -0.05) is 36.4 Å². The Labute approximate surface area is 148 Å². The van der Waals surface area contributed by atoms with Gasteiger partial charge in [-0.3, -0.25) is 4.90 Å². The highest BCUT2D eigenvalue weighted by molar-refractivity contribution is 5.91. The van der Waals surface area contributed by atoms with Crippen LogP contribution in [0.1, 0.15) is 45.6 Å². The lowest BCUT2D eigenvalue weighted by Crippen LogP contribution is -2.53. The third kappa shape index (κ3) is 3.03. The number of carbonyl (C=O) groups excluding carboxylic acids is 2. The van der Waals surface area contributed by atoms with Crippen LogP contribution in [0, 0.1) is 0 Å². The fourth-order valence-electron chi connectivity index (χ4n) is 3.93. The van der Waals surface area contributed by atoms with Crippen LogP contribution in [0.25, 0.3) is 0 Å². The molecule has 0 aromatic heterocycles. The summed E-state index contributed by atoms with van der Waals surface area (Å²) in [5.74, 6) is -0.373. The number of fused-ring (bicyclic) bond motifs is 2. The smallest absolute Gasteiger partial charge is 0.411 e. The van der Waals surface area contributed by atoms with Crippen molar-refractivity contribution in [1.82, 2.24) is 4.90 Å². The molecule has 2 aliphatic rings. The van der Waals surface area contributed by atoms with Crippen LogP contribution in [0.15, 0.2) is 42.0 Å². The molecule has 25 heavy (non-hydrogen) atoms. The van der Waals surface area contributed by atoms with Crippen molar-refractivity contribution in [2.45, 2.75) is 57.2 Å². The molecule has 0 aliphatic carbocycles. The average molecular weight is 343 g/mol. The topological polar surface area (TPSA) is 55.8 Å². The van der Waals surface area contributed by atoms with Gasteiger partial charge in [-0.2, -0.15) is 0 Å². The Hall–Kier alpha value is -2.30. The molecule has 1 amide bonds. The van der Waals surface area contributed by atoms with Gasteiger partial charge in [0, 0.05) is 0 Å². The van der Waals surface area contributed by atoms with Crippen molar-refractivity contribution in [3.8, 4) is 0 Å². The van der Waals surface area contributed by atoms with Crippen LogP contribution in [-0.4, -0.2) is 35.7 Å². The molecule has 2 bridgehead atoms. The van der Waals surface area contributed by atoms with Crippen molar-refractivity contribution in [3.05, 3.63) is 47.5 Å². The van der Waals surface area contributed by atoms with Crippen LogP contribution in [0.4, 0.5) is 4.79 Å². The molecule has 0 saturated carbocycles. The van der Waals surface area contributed by atoms with Crippen molar-refractivity contribution >= 4 is 12.1 Å². The third-order valence-electron chi connectivity index (χ3n) is 4.95. The van der Waals surface area contributed by atoms with Gasteiger partial charge in [0.2, 0.25) is 0 Å². The van der Waals surface area contributed by atoms with Crippen LogP contribution in [0.5, 0.6) is 0 Å². The monoisotopic (exact) mass is 343 g/mol. The van der Waals surface area contributed by atoms with E-state index in [1.807, 2.05) is 57.2 Å². The Bertz CT molecular complexity index is 704. The van der Waals surface area contributed by atoms with E-state index in [2.05, 4.69) is 0 Å². The summed E-state index contributed by atoms with van der Waals surface area (Å²) in [4.78, 5) is 27.0. The highest BCUT2D eigenvalue weighted by Crippen LogP contribution is 2.50. The molecule has 5 nitrogen and oxygen atoms in total. The molecule has 1 fully saturated rings. The van der Waals surface area contributed by atoms with Crippen LogP contribution >= 0.6 is 0 Å². The zero-order valence-corrected chi connectivity index (χ0v) is 15.2. The fraction of sp³-hybridized carbons (Fsp3) is 0.500. The minimum absolute atomic E-state index is 0.309. The molecule has 134 valence electrons. The largest absolute Gasteiger partial charge is 0.466 e. The highest BCUT2D eigenvalue weighted by atomic mass is 16.6. The van der Waals surface area contributed by atoms with Gasteiger partial charge < -0.3 is 9.47 Å². The van der Waals surface area contributed by atoms with Crippen molar-refractivity contribution in [2.24, 2.45) is 0 Å². The number of hydrogen-bond acceptors (Lipinski definition) is 4. The molecule has 1 aromatic carbocycles. The summed E-state index contributed by atoms with van der Waals surface area (Å²) in [7, 11) is 1.37. The van der Waals surface area contributed by atoms with Crippen LogP contribution in [-0.2, 0) is 19.8 Å². The zero-order chi connectivity index (χ0) is 18.2. The predicted octanol–water partition coefficient (Wildman–Crippen LogP) is 3.78. The molecule has 1 saturated heterocycles. The maximum absolute atomic E-state index is 13.0. The molecule has 0 N–H and O–H groups in total. The van der Waals surface area contributed by atoms with E-state index >= 15 is 0 Å². The number of esters is 1. The molecule has 2 atom stereocenters. The third-order valence-corrected chi connectivity index (χ3v) is 4.95. The first-order valence-electron chi connectivity index (χ1n) is 8.65. The van der Waals surface area contributed by atoms with E-state index < -0.39 is 11.1 Å². The average Bonchev–Trinajstić information content (AvgIpc) is 2.85. The van der Waals surface area contributed by atoms with E-state index in [1.165, 1.54) is 7.11 Å². The summed E-state index contributed by atoms with van der Waals surface area (Å²) >= 11 is 0. The maximum Gasteiger partial charge on any atom is 0.411 e. The van der Waals surface area contributed by atoms with Gasteiger partial charge in [-0.25, -0.2) is 9.59 Å². The molecular formula is C20H25NO4. The Balaban J connectivity index is 2.06. The quantitative estimate of drug-likeness (QED) is 0.767. The molecule has 3 rings (SSSR count). The Morgan fingerprint density at radius 2 is 1.88 bits per heavy atom. The van der Waals surface area contributed by atoms with Crippen molar-refractivity contribution in [3.63, 3.8) is 0 Å². The van der Waals surface area contributed by atoms with Crippen LogP contribution < -0.4 is 0 Å². The van der Waals surface area contributed by atoms with Gasteiger partial charge >= 0.3 is 12.1 Å². The first-order chi connectivity index (χ1) is 11.8. The second-order valence-corrected chi connectivity index (χ2v) is 7.66. The number of benzene rings is 1. The van der Waals surface area contributed by atoms with Gasteiger partial charge in [0.05, 0.1) is 24.3 Å². The minimum atomic E-state index is -0.596. The van der Waals surface area contributed by atoms with E-state index in [9.17, 15) is 9.59 Å². The maximum atomic E-state index is 13.0. The Kier molecular flexibility index (Phi) is 4.35. The lowest BCUT2D eigenvalue weighted by molar-refractivity contribution is -0.137.